The number of carbonyl (C=O) groups is 1. The predicted octanol–water partition coefficient (Wildman–Crippen LogP) is 9.57. The Morgan fingerprint density at radius 3 is 2.62 bits per heavy atom. The van der Waals surface area contributed by atoms with Gasteiger partial charge < -0.3 is 14.4 Å². The number of allylic oxidation sites excluding steroid dienone is 2. The van der Waals surface area contributed by atoms with Gasteiger partial charge in [-0.15, -0.1) is 0 Å². The van der Waals surface area contributed by atoms with Gasteiger partial charge in [0.25, 0.3) is 0 Å². The third-order valence-electron chi connectivity index (χ3n) is 9.69. The summed E-state index contributed by atoms with van der Waals surface area (Å²) in [4.78, 5) is 24.3. The van der Waals surface area contributed by atoms with Gasteiger partial charge in [-0.25, -0.2) is 14.8 Å². The van der Waals surface area contributed by atoms with Crippen molar-refractivity contribution in [3.05, 3.63) is 88.2 Å². The molecule has 6 nitrogen and oxygen atoms in total. The molecule has 0 saturated heterocycles. The van der Waals surface area contributed by atoms with E-state index in [1.165, 1.54) is 43.2 Å². The van der Waals surface area contributed by atoms with Gasteiger partial charge in [0, 0.05) is 42.2 Å². The molecule has 2 aromatic carbocycles. The van der Waals surface area contributed by atoms with E-state index in [-0.39, 0.29) is 11.9 Å². The van der Waals surface area contributed by atoms with Gasteiger partial charge in [0.05, 0.1) is 17.9 Å². The van der Waals surface area contributed by atoms with Crippen LogP contribution in [-0.4, -0.2) is 47.0 Å². The molecule has 250 valence electrons. The van der Waals surface area contributed by atoms with Gasteiger partial charge in [0.15, 0.2) is 5.16 Å². The molecule has 0 N–H and O–H groups in total. The molecule has 0 radical (unpaired) electrons. The average Bonchev–Trinajstić information content (AvgIpc) is 3.19. The van der Waals surface area contributed by atoms with Crippen LogP contribution in [0.2, 0.25) is 5.02 Å². The van der Waals surface area contributed by atoms with Gasteiger partial charge in [0.2, 0.25) is 0 Å². The molecule has 0 spiro atoms. The molecule has 0 amide bonds. The Morgan fingerprint density at radius 2 is 1.89 bits per heavy atom. The van der Waals surface area contributed by atoms with Gasteiger partial charge in [-0.2, -0.15) is 0 Å². The Morgan fingerprint density at radius 1 is 1.11 bits per heavy atom. The van der Waals surface area contributed by atoms with Crippen LogP contribution < -0.4 is 9.64 Å². The summed E-state index contributed by atoms with van der Waals surface area (Å²) in [7, 11) is 0. The second-order valence-corrected chi connectivity index (χ2v) is 15.9. The normalized spacial score (nSPS) is 22.2. The molecule has 4 unspecified atom stereocenters. The van der Waals surface area contributed by atoms with Crippen molar-refractivity contribution in [2.75, 3.05) is 30.3 Å². The van der Waals surface area contributed by atoms with Crippen molar-refractivity contribution in [1.29, 1.82) is 0 Å². The summed E-state index contributed by atoms with van der Waals surface area (Å²) in [5.74, 6) is 3.77. The zero-order valence-corrected chi connectivity index (χ0v) is 29.8. The van der Waals surface area contributed by atoms with Crippen LogP contribution in [0.5, 0.6) is 5.75 Å². The largest absolute Gasteiger partial charge is 0.491 e. The molecule has 3 aromatic rings. The lowest BCUT2D eigenvalue weighted by molar-refractivity contribution is 0.00695. The zero-order chi connectivity index (χ0) is 33.0. The minimum absolute atomic E-state index is 0.193. The van der Waals surface area contributed by atoms with Crippen LogP contribution in [0, 0.1) is 17.8 Å². The Balaban J connectivity index is 1.16. The number of carbonyl (C=O) groups excluding carboxylic acids is 1. The lowest BCUT2D eigenvalue weighted by atomic mass is 9.67. The van der Waals surface area contributed by atoms with E-state index in [1.54, 1.807) is 17.3 Å². The fourth-order valence-electron chi connectivity index (χ4n) is 7.18. The van der Waals surface area contributed by atoms with E-state index in [9.17, 15) is 4.79 Å². The van der Waals surface area contributed by atoms with E-state index < -0.39 is 5.60 Å². The maximum absolute atomic E-state index is 13.1. The van der Waals surface area contributed by atoms with E-state index in [0.717, 1.165) is 53.3 Å². The maximum Gasteiger partial charge on any atom is 0.338 e. The van der Waals surface area contributed by atoms with Crippen LogP contribution in [0.3, 0.4) is 0 Å². The molecule has 8 heteroatoms. The van der Waals surface area contributed by atoms with Crippen molar-refractivity contribution < 1.29 is 14.3 Å². The Hall–Kier alpha value is -3.03. The lowest BCUT2D eigenvalue weighted by Crippen LogP contribution is -2.40. The summed E-state index contributed by atoms with van der Waals surface area (Å²) >= 11 is 8.20. The molecule has 1 aromatic heterocycles. The van der Waals surface area contributed by atoms with Crippen molar-refractivity contribution in [1.82, 2.24) is 9.97 Å². The van der Waals surface area contributed by atoms with Gasteiger partial charge >= 0.3 is 5.97 Å². The molecule has 1 fully saturated rings. The number of nitrogens with zero attached hydrogens (tertiary/aromatic N) is 3. The number of thioether (sulfide) groups is 1. The molecular formula is C39H48ClN3O3S. The number of anilines is 1. The summed E-state index contributed by atoms with van der Waals surface area (Å²) < 4.78 is 12.3. The first-order valence-corrected chi connectivity index (χ1v) is 18.6. The van der Waals surface area contributed by atoms with Crippen molar-refractivity contribution in [2.45, 2.75) is 89.3 Å². The number of fused-ring (bicyclic) bond motifs is 1. The fraction of sp³-hybridized carbons (Fsp3) is 0.513. The third kappa shape index (κ3) is 8.72. The SMILES string of the molecule is CCCc1cc(Cl)ccc1C1COc2ccc(C(=O)OC(C)(C)C)cc2N(CC2CCC2CC2=CC(CCSc3ncccn3)C2)C1. The predicted molar refractivity (Wildman–Crippen MR) is 192 cm³/mol. The standard InChI is InChI=1S/C39H48ClN3O3S/c1-5-7-29-21-33(40)11-12-34(29)32-24-43(35-22-30(10-13-36(35)45-25-32)37(44)46-39(2,3)4)23-31-9-8-28(31)20-27-18-26(19-27)14-17-47-38-41-15-6-16-42-38/h6,10-13,15-16,18,21-22,26,28,31-32H,5,7-9,14,17,19-20,23-25H2,1-4H3. The lowest BCUT2D eigenvalue weighted by Gasteiger charge is -2.43. The number of esters is 1. The minimum atomic E-state index is -0.557. The van der Waals surface area contributed by atoms with Crippen molar-refractivity contribution in [2.24, 2.45) is 17.8 Å². The zero-order valence-electron chi connectivity index (χ0n) is 28.2. The van der Waals surface area contributed by atoms with Gasteiger partial charge in [0.1, 0.15) is 11.4 Å². The van der Waals surface area contributed by atoms with Gasteiger partial charge in [-0.05, 0) is 125 Å². The number of benzene rings is 2. The topological polar surface area (TPSA) is 64.6 Å². The molecular weight excluding hydrogens is 626 g/mol. The monoisotopic (exact) mass is 673 g/mol. The number of ether oxygens (including phenoxy) is 2. The van der Waals surface area contributed by atoms with Crippen LogP contribution in [0.15, 0.2) is 71.7 Å². The third-order valence-corrected chi connectivity index (χ3v) is 10.8. The number of hydrogen-bond acceptors (Lipinski definition) is 7. The highest BCUT2D eigenvalue weighted by molar-refractivity contribution is 7.99. The first-order chi connectivity index (χ1) is 22.6. The quantitative estimate of drug-likeness (QED) is 0.0821. The van der Waals surface area contributed by atoms with Crippen molar-refractivity contribution in [3.8, 4) is 5.75 Å². The van der Waals surface area contributed by atoms with E-state index in [0.29, 0.717) is 29.9 Å². The van der Waals surface area contributed by atoms with Crippen LogP contribution >= 0.6 is 23.4 Å². The Kier molecular flexibility index (Phi) is 10.8. The highest BCUT2D eigenvalue weighted by Crippen LogP contribution is 2.45. The summed E-state index contributed by atoms with van der Waals surface area (Å²) in [6.07, 6.45) is 14.3. The summed E-state index contributed by atoms with van der Waals surface area (Å²) in [5, 5.41) is 1.65. The first-order valence-electron chi connectivity index (χ1n) is 17.3. The average molecular weight is 674 g/mol. The number of halogens is 1. The second-order valence-electron chi connectivity index (χ2n) is 14.4. The summed E-state index contributed by atoms with van der Waals surface area (Å²) in [6.45, 7) is 10.3. The van der Waals surface area contributed by atoms with Crippen molar-refractivity contribution in [3.63, 3.8) is 0 Å². The smallest absolute Gasteiger partial charge is 0.338 e. The van der Waals surface area contributed by atoms with Crippen LogP contribution in [0.25, 0.3) is 0 Å². The Bertz CT molecular complexity index is 1570. The fourth-order valence-corrected chi connectivity index (χ4v) is 8.25. The number of aryl methyl sites for hydroxylation is 1. The molecule has 1 saturated carbocycles. The second kappa shape index (κ2) is 15.0. The molecule has 1 aliphatic heterocycles. The van der Waals surface area contributed by atoms with Gasteiger partial charge in [-0.1, -0.05) is 54.4 Å². The van der Waals surface area contributed by atoms with Crippen molar-refractivity contribution >= 4 is 35.0 Å². The van der Waals surface area contributed by atoms with Gasteiger partial charge in [-0.3, -0.25) is 0 Å². The number of hydrogen-bond donors (Lipinski definition) is 0. The first kappa shape index (κ1) is 33.9. The van der Waals surface area contributed by atoms with E-state index in [2.05, 4.69) is 40.0 Å². The molecule has 6 rings (SSSR count). The Labute approximate surface area is 289 Å². The molecule has 4 atom stereocenters. The molecule has 47 heavy (non-hydrogen) atoms. The van der Waals surface area contributed by atoms with E-state index in [4.69, 9.17) is 21.1 Å². The molecule has 3 aliphatic rings. The highest BCUT2D eigenvalue weighted by Gasteiger charge is 2.36. The molecule has 0 bridgehead atoms. The van der Waals surface area contributed by atoms with Crippen LogP contribution in [0.1, 0.15) is 93.6 Å². The van der Waals surface area contributed by atoms with E-state index >= 15 is 0 Å². The maximum atomic E-state index is 13.1. The van der Waals surface area contributed by atoms with Crippen LogP contribution in [0.4, 0.5) is 5.69 Å². The molecule has 2 heterocycles. The summed E-state index contributed by atoms with van der Waals surface area (Å²) in [5.41, 5.74) is 5.25. The number of rotatable bonds is 12. The minimum Gasteiger partial charge on any atom is -0.491 e. The van der Waals surface area contributed by atoms with E-state index in [1.807, 2.05) is 63.5 Å². The highest BCUT2D eigenvalue weighted by atomic mass is 35.5. The number of aromatic nitrogens is 2. The van der Waals surface area contributed by atoms with Crippen LogP contribution in [-0.2, 0) is 11.2 Å². The summed E-state index contributed by atoms with van der Waals surface area (Å²) in [6, 6.07) is 14.0. The molecule has 2 aliphatic carbocycles.